The quantitative estimate of drug-likeness (QED) is 0.915. The molecule has 1 heterocycles. The standard InChI is InChI=1S/C15H21N3O2S/c1-11-5-7-14(8-6-11)21(19,20)18-13(3)15(9-10-16-4)12(2)17-18/h5-8,16H,9-10H2,1-4H3. The number of rotatable bonds is 5. The Morgan fingerprint density at radius 2 is 1.76 bits per heavy atom. The number of nitrogens with one attached hydrogen (secondary N) is 1. The maximum atomic E-state index is 12.7. The fourth-order valence-corrected chi connectivity index (χ4v) is 3.69. The van der Waals surface area contributed by atoms with Gasteiger partial charge in [0, 0.05) is 0 Å². The zero-order chi connectivity index (χ0) is 15.6. The molecule has 2 aromatic rings. The van der Waals surface area contributed by atoms with Crippen LogP contribution in [0.15, 0.2) is 29.2 Å². The van der Waals surface area contributed by atoms with E-state index >= 15 is 0 Å². The maximum Gasteiger partial charge on any atom is 0.283 e. The summed E-state index contributed by atoms with van der Waals surface area (Å²) in [6, 6.07) is 6.82. The number of aromatic nitrogens is 2. The van der Waals surface area contributed by atoms with Crippen LogP contribution in [0.1, 0.15) is 22.5 Å². The van der Waals surface area contributed by atoms with E-state index in [0.717, 1.165) is 33.9 Å². The summed E-state index contributed by atoms with van der Waals surface area (Å²) in [6.45, 7) is 6.36. The van der Waals surface area contributed by atoms with Crippen molar-refractivity contribution in [2.45, 2.75) is 32.1 Å². The van der Waals surface area contributed by atoms with Gasteiger partial charge in [-0.3, -0.25) is 0 Å². The first-order valence-electron chi connectivity index (χ1n) is 6.90. The number of benzene rings is 1. The van der Waals surface area contributed by atoms with Crippen molar-refractivity contribution >= 4 is 10.0 Å². The monoisotopic (exact) mass is 307 g/mol. The summed E-state index contributed by atoms with van der Waals surface area (Å²) in [7, 11) is -1.75. The average molecular weight is 307 g/mol. The highest BCUT2D eigenvalue weighted by molar-refractivity contribution is 7.89. The molecule has 0 spiro atoms. The van der Waals surface area contributed by atoms with Gasteiger partial charge < -0.3 is 5.32 Å². The van der Waals surface area contributed by atoms with Gasteiger partial charge in [-0.25, -0.2) is 0 Å². The molecule has 1 N–H and O–H groups in total. The van der Waals surface area contributed by atoms with Crippen LogP contribution in [0.25, 0.3) is 0 Å². The lowest BCUT2D eigenvalue weighted by Gasteiger charge is -2.07. The van der Waals surface area contributed by atoms with Gasteiger partial charge in [-0.05, 0) is 58.5 Å². The third-order valence-corrected chi connectivity index (χ3v) is 5.25. The molecule has 0 aliphatic rings. The van der Waals surface area contributed by atoms with E-state index in [9.17, 15) is 8.42 Å². The van der Waals surface area contributed by atoms with Crippen molar-refractivity contribution in [1.29, 1.82) is 0 Å². The van der Waals surface area contributed by atoms with Crippen molar-refractivity contribution in [3.63, 3.8) is 0 Å². The molecule has 114 valence electrons. The summed E-state index contributed by atoms with van der Waals surface area (Å²) >= 11 is 0. The van der Waals surface area contributed by atoms with Gasteiger partial charge in [-0.1, -0.05) is 17.7 Å². The minimum Gasteiger partial charge on any atom is -0.319 e. The second-order valence-electron chi connectivity index (χ2n) is 5.16. The summed E-state index contributed by atoms with van der Waals surface area (Å²) in [5.41, 5.74) is 3.46. The Kier molecular flexibility index (Phi) is 4.49. The normalized spacial score (nSPS) is 11.8. The van der Waals surface area contributed by atoms with Gasteiger partial charge in [0.15, 0.2) is 0 Å². The van der Waals surface area contributed by atoms with E-state index in [1.54, 1.807) is 31.2 Å². The largest absolute Gasteiger partial charge is 0.319 e. The molecule has 0 saturated heterocycles. The molecule has 0 aliphatic carbocycles. The van der Waals surface area contributed by atoms with Crippen molar-refractivity contribution in [1.82, 2.24) is 14.5 Å². The molecule has 5 nitrogen and oxygen atoms in total. The van der Waals surface area contributed by atoms with Gasteiger partial charge in [0.2, 0.25) is 0 Å². The van der Waals surface area contributed by atoms with Crippen molar-refractivity contribution in [3.05, 3.63) is 46.8 Å². The molecule has 0 radical (unpaired) electrons. The van der Waals surface area contributed by atoms with Gasteiger partial charge in [0.25, 0.3) is 10.0 Å². The maximum absolute atomic E-state index is 12.7. The minimum atomic E-state index is -3.63. The van der Waals surface area contributed by atoms with Crippen molar-refractivity contribution in [3.8, 4) is 0 Å². The lowest BCUT2D eigenvalue weighted by molar-refractivity contribution is 0.577. The van der Waals surface area contributed by atoms with Gasteiger partial charge in [-0.15, -0.1) is 0 Å². The Morgan fingerprint density at radius 3 is 2.33 bits per heavy atom. The SMILES string of the molecule is CNCCc1c(C)nn(S(=O)(=O)c2ccc(C)cc2)c1C. The van der Waals surface area contributed by atoms with E-state index in [-0.39, 0.29) is 4.90 Å². The third kappa shape index (κ3) is 3.01. The molecule has 0 amide bonds. The number of aryl methyl sites for hydroxylation is 2. The lowest BCUT2D eigenvalue weighted by Crippen LogP contribution is -2.17. The van der Waals surface area contributed by atoms with Crippen LogP contribution < -0.4 is 5.32 Å². The fraction of sp³-hybridized carbons (Fsp3) is 0.400. The van der Waals surface area contributed by atoms with Gasteiger partial charge >= 0.3 is 0 Å². The summed E-state index contributed by atoms with van der Waals surface area (Å²) in [6.07, 6.45) is 0.761. The molecule has 1 aromatic heterocycles. The van der Waals surface area contributed by atoms with Crippen molar-refractivity contribution in [2.75, 3.05) is 13.6 Å². The Balaban J connectivity index is 2.48. The molecular formula is C15H21N3O2S. The summed E-state index contributed by atoms with van der Waals surface area (Å²) in [4.78, 5) is 0.263. The molecule has 0 saturated carbocycles. The molecule has 0 bridgehead atoms. The Bertz CT molecular complexity index is 731. The molecule has 0 fully saturated rings. The van der Waals surface area contributed by atoms with E-state index in [0.29, 0.717) is 5.69 Å². The highest BCUT2D eigenvalue weighted by atomic mass is 32.2. The van der Waals surface area contributed by atoms with Crippen LogP contribution in [-0.2, 0) is 16.4 Å². The van der Waals surface area contributed by atoms with Crippen LogP contribution in [0.5, 0.6) is 0 Å². The smallest absolute Gasteiger partial charge is 0.283 e. The van der Waals surface area contributed by atoms with E-state index < -0.39 is 10.0 Å². The fourth-order valence-electron chi connectivity index (χ4n) is 2.30. The number of nitrogens with zero attached hydrogens (tertiary/aromatic N) is 2. The zero-order valence-corrected chi connectivity index (χ0v) is 13.7. The van der Waals surface area contributed by atoms with Crippen LogP contribution >= 0.6 is 0 Å². The molecule has 0 unspecified atom stereocenters. The Morgan fingerprint density at radius 1 is 1.14 bits per heavy atom. The average Bonchev–Trinajstić information content (AvgIpc) is 2.73. The van der Waals surface area contributed by atoms with E-state index in [4.69, 9.17) is 0 Å². The van der Waals surface area contributed by atoms with E-state index in [1.165, 1.54) is 0 Å². The highest BCUT2D eigenvalue weighted by Crippen LogP contribution is 2.20. The van der Waals surface area contributed by atoms with E-state index in [1.807, 2.05) is 20.9 Å². The molecule has 21 heavy (non-hydrogen) atoms. The summed E-state index contributed by atoms with van der Waals surface area (Å²) < 4.78 is 26.5. The molecule has 6 heteroatoms. The topological polar surface area (TPSA) is 64.0 Å². The lowest BCUT2D eigenvalue weighted by atomic mass is 10.1. The van der Waals surface area contributed by atoms with Gasteiger partial charge in [-0.2, -0.15) is 17.6 Å². The van der Waals surface area contributed by atoms with Crippen molar-refractivity contribution in [2.24, 2.45) is 0 Å². The number of likely N-dealkylation sites (N-methyl/N-ethyl adjacent to an activating group) is 1. The predicted molar refractivity (Wildman–Crippen MR) is 83.1 cm³/mol. The van der Waals surface area contributed by atoms with Crippen LogP contribution in [0.2, 0.25) is 0 Å². The zero-order valence-electron chi connectivity index (χ0n) is 12.8. The second-order valence-corrected chi connectivity index (χ2v) is 6.93. The third-order valence-electron chi connectivity index (χ3n) is 3.57. The number of hydrogen-bond acceptors (Lipinski definition) is 4. The van der Waals surface area contributed by atoms with Crippen LogP contribution in [0.3, 0.4) is 0 Å². The van der Waals surface area contributed by atoms with Crippen LogP contribution in [-0.4, -0.2) is 31.2 Å². The molecule has 1 aromatic carbocycles. The summed E-state index contributed by atoms with van der Waals surface area (Å²) in [5.74, 6) is 0. The first-order valence-corrected chi connectivity index (χ1v) is 8.34. The van der Waals surface area contributed by atoms with Crippen LogP contribution in [0, 0.1) is 20.8 Å². The van der Waals surface area contributed by atoms with Gasteiger partial charge in [0.1, 0.15) is 0 Å². The Hall–Kier alpha value is -1.66. The van der Waals surface area contributed by atoms with Gasteiger partial charge in [0.05, 0.1) is 16.3 Å². The van der Waals surface area contributed by atoms with Crippen molar-refractivity contribution < 1.29 is 8.42 Å². The van der Waals surface area contributed by atoms with Crippen LogP contribution in [0.4, 0.5) is 0 Å². The number of hydrogen-bond donors (Lipinski definition) is 1. The Labute approximate surface area is 126 Å². The molecular weight excluding hydrogens is 286 g/mol. The first kappa shape index (κ1) is 15.7. The molecule has 2 rings (SSSR count). The highest BCUT2D eigenvalue weighted by Gasteiger charge is 2.23. The second kappa shape index (κ2) is 5.99. The van der Waals surface area contributed by atoms with E-state index in [2.05, 4.69) is 10.4 Å². The molecule has 0 atom stereocenters. The minimum absolute atomic E-state index is 0.263. The predicted octanol–water partition coefficient (Wildman–Crippen LogP) is 1.81. The summed E-state index contributed by atoms with van der Waals surface area (Å²) in [5, 5.41) is 7.30. The first-order chi connectivity index (χ1) is 9.87. The molecule has 0 aliphatic heterocycles.